The number of hydrogen-bond acceptors (Lipinski definition) is 4. The van der Waals surface area contributed by atoms with Gasteiger partial charge in [-0.15, -0.1) is 0 Å². The molecule has 0 aliphatic heterocycles. The van der Waals surface area contributed by atoms with Crippen LogP contribution in [0.4, 0.5) is 4.79 Å². The minimum Gasteiger partial charge on any atom is -0.444 e. The molecule has 6 nitrogen and oxygen atoms in total. The van der Waals surface area contributed by atoms with Gasteiger partial charge < -0.3 is 15.0 Å². The Balaban J connectivity index is 2.65. The van der Waals surface area contributed by atoms with Crippen LogP contribution in [-0.2, 0) is 11.3 Å². The van der Waals surface area contributed by atoms with Gasteiger partial charge in [-0.2, -0.15) is 0 Å². The topological polar surface area (TPSA) is 88.3 Å². The minimum atomic E-state index is -0.573. The molecular weight excluding hydrogens is 248 g/mol. The smallest absolute Gasteiger partial charge is 0.407 e. The Morgan fingerprint density at radius 1 is 1.32 bits per heavy atom. The summed E-state index contributed by atoms with van der Waals surface area (Å²) in [5, 5.41) is 2.52. The van der Waals surface area contributed by atoms with Gasteiger partial charge >= 0.3 is 6.09 Å². The summed E-state index contributed by atoms with van der Waals surface area (Å²) in [4.78, 5) is 36.6. The molecule has 2 N–H and O–H groups in total. The van der Waals surface area contributed by atoms with E-state index in [1.54, 1.807) is 26.8 Å². The first-order valence-electron chi connectivity index (χ1n) is 5.89. The van der Waals surface area contributed by atoms with Crippen LogP contribution in [-0.4, -0.2) is 22.5 Å². The first-order chi connectivity index (χ1) is 8.69. The van der Waals surface area contributed by atoms with Crippen LogP contribution in [0, 0.1) is 0 Å². The maximum Gasteiger partial charge on any atom is 0.407 e. The molecule has 0 radical (unpaired) electrons. The van der Waals surface area contributed by atoms with Crippen LogP contribution >= 0.6 is 0 Å². The zero-order chi connectivity index (χ0) is 14.6. The number of Topliss-reactive ketones (excluding diaryl/α,β-unsaturated/α-hetero) is 1. The van der Waals surface area contributed by atoms with Gasteiger partial charge in [-0.25, -0.2) is 4.79 Å². The van der Waals surface area contributed by atoms with Gasteiger partial charge in [0.05, 0.1) is 12.1 Å². The predicted molar refractivity (Wildman–Crippen MR) is 70.1 cm³/mol. The highest BCUT2D eigenvalue weighted by Gasteiger charge is 2.15. The summed E-state index contributed by atoms with van der Waals surface area (Å²) in [6, 6.07) is 3.02. The second-order valence-corrected chi connectivity index (χ2v) is 5.14. The Morgan fingerprint density at radius 3 is 2.42 bits per heavy atom. The van der Waals surface area contributed by atoms with Crippen molar-refractivity contribution in [1.29, 1.82) is 0 Å². The van der Waals surface area contributed by atoms with Gasteiger partial charge in [0, 0.05) is 5.69 Å². The van der Waals surface area contributed by atoms with Crippen LogP contribution in [0.15, 0.2) is 16.9 Å². The fourth-order valence-corrected chi connectivity index (χ4v) is 1.38. The van der Waals surface area contributed by atoms with Crippen molar-refractivity contribution in [3.63, 3.8) is 0 Å². The van der Waals surface area contributed by atoms with Crippen molar-refractivity contribution in [2.45, 2.75) is 39.8 Å². The lowest BCUT2D eigenvalue weighted by Gasteiger charge is -2.19. The van der Waals surface area contributed by atoms with Gasteiger partial charge in [0.25, 0.3) is 5.56 Å². The Kier molecular flexibility index (Phi) is 4.47. The third-order valence-electron chi connectivity index (χ3n) is 2.17. The van der Waals surface area contributed by atoms with Gasteiger partial charge in [0.15, 0.2) is 5.78 Å². The molecule has 1 heterocycles. The Labute approximate surface area is 111 Å². The fraction of sp³-hybridized carbons (Fsp3) is 0.462. The molecule has 104 valence electrons. The fourth-order valence-electron chi connectivity index (χ4n) is 1.38. The molecule has 0 aromatic carbocycles. The van der Waals surface area contributed by atoms with Crippen LogP contribution in [0.5, 0.6) is 0 Å². The zero-order valence-corrected chi connectivity index (χ0v) is 11.5. The molecule has 1 aromatic heterocycles. The Morgan fingerprint density at radius 2 is 1.95 bits per heavy atom. The van der Waals surface area contributed by atoms with E-state index in [9.17, 15) is 14.4 Å². The summed E-state index contributed by atoms with van der Waals surface area (Å²) >= 11 is 0. The largest absolute Gasteiger partial charge is 0.444 e. The highest BCUT2D eigenvalue weighted by molar-refractivity contribution is 5.93. The molecule has 0 saturated carbocycles. The Hall–Kier alpha value is -2.11. The van der Waals surface area contributed by atoms with Crippen molar-refractivity contribution in [2.75, 3.05) is 0 Å². The summed E-state index contributed by atoms with van der Waals surface area (Å²) in [6.07, 6.45) is -0.566. The van der Waals surface area contributed by atoms with Crippen molar-refractivity contribution in [2.24, 2.45) is 0 Å². The highest BCUT2D eigenvalue weighted by atomic mass is 16.6. The number of nitrogens with one attached hydrogen (secondary N) is 2. The number of alkyl carbamates (subject to hydrolysis) is 1. The van der Waals surface area contributed by atoms with Crippen molar-refractivity contribution >= 4 is 11.9 Å². The molecule has 0 aliphatic carbocycles. The molecule has 0 unspecified atom stereocenters. The average Bonchev–Trinajstić information content (AvgIpc) is 2.23. The monoisotopic (exact) mass is 266 g/mol. The third kappa shape index (κ3) is 4.95. The summed E-state index contributed by atoms with van der Waals surface area (Å²) in [5.74, 6) is -0.298. The Bertz CT molecular complexity index is 540. The molecule has 0 atom stereocenters. The zero-order valence-electron chi connectivity index (χ0n) is 11.5. The van der Waals surface area contributed by atoms with E-state index < -0.39 is 17.3 Å². The van der Waals surface area contributed by atoms with Gasteiger partial charge in [-0.1, -0.05) is 0 Å². The minimum absolute atomic E-state index is 0.0982. The van der Waals surface area contributed by atoms with Gasteiger partial charge in [-0.05, 0) is 39.8 Å². The van der Waals surface area contributed by atoms with E-state index in [4.69, 9.17) is 4.74 Å². The van der Waals surface area contributed by atoms with E-state index in [1.165, 1.54) is 13.0 Å². The lowest BCUT2D eigenvalue weighted by molar-refractivity contribution is 0.0522. The standard InChI is InChI=1S/C13H18N2O4/c1-8(16)10-6-5-9(15-11(10)17)7-14-12(18)19-13(2,3)4/h5-6H,7H2,1-4H3,(H,14,18)(H,15,17). The maximum atomic E-state index is 11.5. The predicted octanol–water partition coefficient (Wildman–Crippen LogP) is 1.60. The summed E-state index contributed by atoms with van der Waals surface area (Å²) < 4.78 is 5.06. The molecule has 1 rings (SSSR count). The van der Waals surface area contributed by atoms with Gasteiger partial charge in [0.2, 0.25) is 0 Å². The van der Waals surface area contributed by atoms with Crippen LogP contribution in [0.1, 0.15) is 43.7 Å². The number of aromatic nitrogens is 1. The van der Waals surface area contributed by atoms with Gasteiger partial charge in [-0.3, -0.25) is 9.59 Å². The molecule has 1 amide bonds. The van der Waals surface area contributed by atoms with E-state index in [0.717, 1.165) is 0 Å². The highest BCUT2D eigenvalue weighted by Crippen LogP contribution is 2.06. The first-order valence-corrected chi connectivity index (χ1v) is 5.89. The molecule has 19 heavy (non-hydrogen) atoms. The van der Waals surface area contributed by atoms with E-state index in [2.05, 4.69) is 10.3 Å². The van der Waals surface area contributed by atoms with Crippen LogP contribution < -0.4 is 10.9 Å². The lowest BCUT2D eigenvalue weighted by atomic mass is 10.2. The number of carbonyl (C=O) groups is 2. The quantitative estimate of drug-likeness (QED) is 0.813. The van der Waals surface area contributed by atoms with Crippen LogP contribution in [0.3, 0.4) is 0 Å². The molecule has 6 heteroatoms. The summed E-state index contributed by atoms with van der Waals surface area (Å²) in [7, 11) is 0. The van der Waals surface area contributed by atoms with E-state index in [-0.39, 0.29) is 17.9 Å². The van der Waals surface area contributed by atoms with Crippen molar-refractivity contribution < 1.29 is 14.3 Å². The molecular formula is C13H18N2O4. The van der Waals surface area contributed by atoms with Crippen molar-refractivity contribution in [3.05, 3.63) is 33.7 Å². The second-order valence-electron chi connectivity index (χ2n) is 5.14. The SMILES string of the molecule is CC(=O)c1ccc(CNC(=O)OC(C)(C)C)[nH]c1=O. The molecule has 0 saturated heterocycles. The first kappa shape index (κ1) is 14.9. The molecule has 0 spiro atoms. The molecule has 0 aliphatic rings. The molecule has 0 bridgehead atoms. The number of H-pyrrole nitrogens is 1. The number of ether oxygens (including phenoxy) is 1. The van der Waals surface area contributed by atoms with Crippen LogP contribution in [0.2, 0.25) is 0 Å². The number of amides is 1. The van der Waals surface area contributed by atoms with Gasteiger partial charge in [0.1, 0.15) is 5.60 Å². The normalized spacial score (nSPS) is 10.9. The number of pyridine rings is 1. The average molecular weight is 266 g/mol. The number of carbonyl (C=O) groups excluding carboxylic acids is 2. The number of aromatic amines is 1. The van der Waals surface area contributed by atoms with E-state index in [1.807, 2.05) is 0 Å². The summed E-state index contributed by atoms with van der Waals surface area (Å²) in [6.45, 7) is 6.73. The maximum absolute atomic E-state index is 11.5. The van der Waals surface area contributed by atoms with Crippen molar-refractivity contribution in [1.82, 2.24) is 10.3 Å². The number of ketones is 1. The van der Waals surface area contributed by atoms with Crippen LogP contribution in [0.25, 0.3) is 0 Å². The number of hydrogen-bond donors (Lipinski definition) is 2. The van der Waals surface area contributed by atoms with Crippen molar-refractivity contribution in [3.8, 4) is 0 Å². The lowest BCUT2D eigenvalue weighted by Crippen LogP contribution is -2.32. The number of rotatable bonds is 3. The third-order valence-corrected chi connectivity index (χ3v) is 2.17. The van der Waals surface area contributed by atoms with E-state index >= 15 is 0 Å². The van der Waals surface area contributed by atoms with E-state index in [0.29, 0.717) is 5.69 Å². The second kappa shape index (κ2) is 5.69. The summed E-state index contributed by atoms with van der Waals surface area (Å²) in [5.41, 5.74) is -0.437. The molecule has 1 aromatic rings. The molecule has 0 fully saturated rings.